The van der Waals surface area contributed by atoms with Crippen LogP contribution in [0, 0.1) is 12.3 Å². The molecule has 0 spiro atoms. The van der Waals surface area contributed by atoms with E-state index in [1.54, 1.807) is 0 Å². The van der Waals surface area contributed by atoms with Gasteiger partial charge in [0.15, 0.2) is 0 Å². The van der Waals surface area contributed by atoms with Gasteiger partial charge < -0.3 is 10.5 Å². The number of anilines is 1. The summed E-state index contributed by atoms with van der Waals surface area (Å²) in [5, 5.41) is 11.8. The first-order chi connectivity index (χ1) is 8.81. The van der Waals surface area contributed by atoms with Crippen LogP contribution >= 0.6 is 23.7 Å². The van der Waals surface area contributed by atoms with Crippen molar-refractivity contribution < 1.29 is 9.53 Å². The maximum atomic E-state index is 12.3. The smallest absolute Gasteiger partial charge is 0.247 e. The molecule has 1 saturated carbocycles. The molecule has 1 aromatic heterocycles. The van der Waals surface area contributed by atoms with Gasteiger partial charge in [0.05, 0.1) is 6.10 Å². The van der Waals surface area contributed by atoms with Crippen LogP contribution in [-0.2, 0) is 9.53 Å². The molecule has 1 fully saturated rings. The van der Waals surface area contributed by atoms with E-state index < -0.39 is 11.0 Å². The Bertz CT molecular complexity index is 494. The standard InChI is InChI=1S/C12H20N4O2S.ClH/c1-5-18-8-6-12(13,11(8,3)4)9(17)14-10-16-15-7(2)19-10;/h8H,5-6,13H2,1-4H3,(H,14,16,17);1H. The van der Waals surface area contributed by atoms with Gasteiger partial charge in [-0.05, 0) is 13.8 Å². The number of nitrogens with one attached hydrogen (secondary N) is 1. The van der Waals surface area contributed by atoms with E-state index >= 15 is 0 Å². The highest BCUT2D eigenvalue weighted by Gasteiger charge is 2.63. The molecule has 0 saturated heterocycles. The molecule has 0 radical (unpaired) electrons. The van der Waals surface area contributed by atoms with Crippen molar-refractivity contribution in [1.82, 2.24) is 10.2 Å². The van der Waals surface area contributed by atoms with Crippen LogP contribution in [-0.4, -0.2) is 34.4 Å². The molecule has 2 rings (SSSR count). The van der Waals surface area contributed by atoms with Gasteiger partial charge in [-0.15, -0.1) is 22.6 Å². The van der Waals surface area contributed by atoms with Gasteiger partial charge in [0.2, 0.25) is 11.0 Å². The van der Waals surface area contributed by atoms with Gasteiger partial charge in [0.25, 0.3) is 0 Å². The molecule has 114 valence electrons. The largest absolute Gasteiger partial charge is 0.378 e. The van der Waals surface area contributed by atoms with Crippen LogP contribution in [0.5, 0.6) is 0 Å². The lowest BCUT2D eigenvalue weighted by atomic mass is 9.54. The second kappa shape index (κ2) is 5.93. The fourth-order valence-electron chi connectivity index (χ4n) is 2.38. The lowest BCUT2D eigenvalue weighted by Crippen LogP contribution is -2.74. The maximum Gasteiger partial charge on any atom is 0.247 e. The number of nitrogens with two attached hydrogens (primary N) is 1. The number of nitrogens with zero attached hydrogens (tertiary/aromatic N) is 2. The minimum Gasteiger partial charge on any atom is -0.378 e. The van der Waals surface area contributed by atoms with Gasteiger partial charge in [-0.2, -0.15) is 0 Å². The average Bonchev–Trinajstić information content (AvgIpc) is 2.74. The van der Waals surface area contributed by atoms with E-state index in [1.807, 2.05) is 27.7 Å². The van der Waals surface area contributed by atoms with Crippen LogP contribution < -0.4 is 11.1 Å². The second-order valence-corrected chi connectivity index (χ2v) is 6.60. The maximum absolute atomic E-state index is 12.3. The molecule has 0 bridgehead atoms. The highest BCUT2D eigenvalue weighted by molar-refractivity contribution is 7.15. The number of hydrogen-bond donors (Lipinski definition) is 2. The summed E-state index contributed by atoms with van der Waals surface area (Å²) >= 11 is 1.34. The first kappa shape index (κ1) is 17.3. The van der Waals surface area contributed by atoms with E-state index in [1.165, 1.54) is 11.3 Å². The minimum atomic E-state index is -0.924. The molecule has 0 aromatic carbocycles. The number of halogens is 1. The van der Waals surface area contributed by atoms with Crippen molar-refractivity contribution in [2.45, 2.75) is 45.8 Å². The molecule has 2 unspecified atom stereocenters. The number of aromatic nitrogens is 2. The number of amides is 1. The number of carbonyl (C=O) groups excluding carboxylic acids is 1. The lowest BCUT2D eigenvalue weighted by Gasteiger charge is -2.57. The number of hydrogen-bond acceptors (Lipinski definition) is 6. The zero-order chi connectivity index (χ0) is 14.3. The minimum absolute atomic E-state index is 0. The van der Waals surface area contributed by atoms with Crippen LogP contribution in [0.25, 0.3) is 0 Å². The van der Waals surface area contributed by atoms with E-state index in [0.717, 1.165) is 5.01 Å². The summed E-state index contributed by atoms with van der Waals surface area (Å²) in [6.45, 7) is 8.32. The van der Waals surface area contributed by atoms with Crippen LogP contribution in [0.15, 0.2) is 0 Å². The Hall–Kier alpha value is -0.760. The van der Waals surface area contributed by atoms with Crippen LogP contribution in [0.2, 0.25) is 0 Å². The topological polar surface area (TPSA) is 90.1 Å². The molecule has 8 heteroatoms. The van der Waals surface area contributed by atoms with Crippen LogP contribution in [0.3, 0.4) is 0 Å². The van der Waals surface area contributed by atoms with Crippen molar-refractivity contribution in [1.29, 1.82) is 0 Å². The Balaban J connectivity index is 0.00000200. The number of ether oxygens (including phenoxy) is 1. The Morgan fingerprint density at radius 3 is 2.65 bits per heavy atom. The molecule has 20 heavy (non-hydrogen) atoms. The second-order valence-electron chi connectivity index (χ2n) is 5.42. The van der Waals surface area contributed by atoms with Gasteiger partial charge in [0, 0.05) is 18.4 Å². The van der Waals surface area contributed by atoms with Gasteiger partial charge in [0.1, 0.15) is 10.5 Å². The fraction of sp³-hybridized carbons (Fsp3) is 0.750. The fourth-order valence-corrected chi connectivity index (χ4v) is 2.96. The molecule has 6 nitrogen and oxygen atoms in total. The molecule has 1 aliphatic carbocycles. The molecule has 3 N–H and O–H groups in total. The molecular formula is C12H21ClN4O2S. The van der Waals surface area contributed by atoms with Gasteiger partial charge in [-0.25, -0.2) is 0 Å². The van der Waals surface area contributed by atoms with E-state index in [4.69, 9.17) is 10.5 Å². The molecule has 1 aromatic rings. The van der Waals surface area contributed by atoms with Crippen molar-refractivity contribution in [3.8, 4) is 0 Å². The van der Waals surface area contributed by atoms with Crippen molar-refractivity contribution in [3.63, 3.8) is 0 Å². The van der Waals surface area contributed by atoms with Crippen molar-refractivity contribution in [2.75, 3.05) is 11.9 Å². The molecule has 1 heterocycles. The summed E-state index contributed by atoms with van der Waals surface area (Å²) in [6.07, 6.45) is 0.543. The number of carbonyl (C=O) groups is 1. The van der Waals surface area contributed by atoms with Gasteiger partial charge in [-0.1, -0.05) is 25.2 Å². The SMILES string of the molecule is CCOC1CC(N)(C(=O)Nc2nnc(C)s2)C1(C)C.Cl. The number of rotatable bonds is 4. The molecule has 1 aliphatic rings. The highest BCUT2D eigenvalue weighted by Crippen LogP contribution is 2.50. The molecular weight excluding hydrogens is 300 g/mol. The summed E-state index contributed by atoms with van der Waals surface area (Å²) in [4.78, 5) is 12.3. The summed E-state index contributed by atoms with van der Waals surface area (Å²) in [6, 6.07) is 0. The summed E-state index contributed by atoms with van der Waals surface area (Å²) in [5.74, 6) is -0.218. The molecule has 0 aliphatic heterocycles. The number of aryl methyl sites for hydroxylation is 1. The Morgan fingerprint density at radius 1 is 1.55 bits per heavy atom. The van der Waals surface area contributed by atoms with Crippen LogP contribution in [0.4, 0.5) is 5.13 Å². The van der Waals surface area contributed by atoms with E-state index in [-0.39, 0.29) is 24.4 Å². The predicted molar refractivity (Wildman–Crippen MR) is 81.3 cm³/mol. The first-order valence-electron chi connectivity index (χ1n) is 6.33. The molecule has 1 amide bonds. The first-order valence-corrected chi connectivity index (χ1v) is 7.15. The molecule has 2 atom stereocenters. The Kier molecular flexibility index (Phi) is 5.13. The predicted octanol–water partition coefficient (Wildman–Crippen LogP) is 1.74. The normalized spacial score (nSPS) is 27.4. The monoisotopic (exact) mass is 320 g/mol. The van der Waals surface area contributed by atoms with Crippen molar-refractivity contribution in [3.05, 3.63) is 5.01 Å². The van der Waals surface area contributed by atoms with Crippen molar-refractivity contribution >= 4 is 34.8 Å². The van der Waals surface area contributed by atoms with E-state index in [2.05, 4.69) is 15.5 Å². The third-order valence-corrected chi connectivity index (χ3v) is 4.74. The van der Waals surface area contributed by atoms with Crippen molar-refractivity contribution in [2.24, 2.45) is 11.1 Å². The summed E-state index contributed by atoms with van der Waals surface area (Å²) in [7, 11) is 0. The van der Waals surface area contributed by atoms with Gasteiger partial charge >= 0.3 is 0 Å². The Morgan fingerprint density at radius 2 is 2.20 bits per heavy atom. The highest BCUT2D eigenvalue weighted by atomic mass is 35.5. The average molecular weight is 321 g/mol. The van der Waals surface area contributed by atoms with E-state index in [0.29, 0.717) is 18.2 Å². The zero-order valence-electron chi connectivity index (χ0n) is 12.1. The van der Waals surface area contributed by atoms with Crippen LogP contribution in [0.1, 0.15) is 32.2 Å². The van der Waals surface area contributed by atoms with Gasteiger partial charge in [-0.3, -0.25) is 10.1 Å². The summed E-state index contributed by atoms with van der Waals surface area (Å²) < 4.78 is 5.61. The lowest BCUT2D eigenvalue weighted by molar-refractivity contribution is -0.166. The third kappa shape index (κ3) is 2.67. The summed E-state index contributed by atoms with van der Waals surface area (Å²) in [5.41, 5.74) is 4.94. The third-order valence-electron chi connectivity index (χ3n) is 3.98. The zero-order valence-corrected chi connectivity index (χ0v) is 13.7. The Labute approximate surface area is 128 Å². The van der Waals surface area contributed by atoms with E-state index in [9.17, 15) is 4.79 Å². The quantitative estimate of drug-likeness (QED) is 0.882.